The molecule has 0 N–H and O–H groups in total. The zero-order chi connectivity index (χ0) is 10.1. The molecule has 74 valence electrons. The molecule has 0 bridgehead atoms. The minimum atomic E-state index is 0.914. The zero-order valence-corrected chi connectivity index (χ0v) is 9.84. The molecule has 0 unspecified atom stereocenters. The van der Waals surface area contributed by atoms with Crippen molar-refractivity contribution in [3.05, 3.63) is 27.0 Å². The molecule has 0 amide bonds. The predicted molar refractivity (Wildman–Crippen MR) is 61.5 cm³/mol. The van der Waals surface area contributed by atoms with Crippen LogP contribution in [-0.2, 0) is 0 Å². The van der Waals surface area contributed by atoms with Gasteiger partial charge >= 0.3 is 0 Å². The molecule has 0 fully saturated rings. The molecule has 2 nitrogen and oxygen atoms in total. The van der Waals surface area contributed by atoms with Gasteiger partial charge in [0.15, 0.2) is 0 Å². The molecule has 1 aliphatic rings. The Balaban J connectivity index is 2.76. The van der Waals surface area contributed by atoms with E-state index < -0.39 is 0 Å². The fourth-order valence-corrected chi connectivity index (χ4v) is 2.06. The quantitative estimate of drug-likeness (QED) is 0.739. The van der Waals surface area contributed by atoms with E-state index in [0.717, 1.165) is 22.0 Å². The Morgan fingerprint density at radius 2 is 2.21 bits per heavy atom. The first-order chi connectivity index (χ1) is 6.70. The molecule has 0 radical (unpaired) electrons. The average molecular weight is 254 g/mol. The molecular formula is C11H12BrNO. The third kappa shape index (κ3) is 1.64. The van der Waals surface area contributed by atoms with Gasteiger partial charge in [-0.1, -0.05) is 22.0 Å². The summed E-state index contributed by atoms with van der Waals surface area (Å²) in [6.45, 7) is 0.951. The van der Waals surface area contributed by atoms with Crippen LogP contribution in [0.3, 0.4) is 0 Å². The van der Waals surface area contributed by atoms with E-state index in [9.17, 15) is 0 Å². The summed E-state index contributed by atoms with van der Waals surface area (Å²) in [7, 11) is 3.76. The Morgan fingerprint density at radius 3 is 2.93 bits per heavy atom. The maximum absolute atomic E-state index is 5.33. The van der Waals surface area contributed by atoms with Crippen LogP contribution in [0, 0.1) is 0 Å². The summed E-state index contributed by atoms with van der Waals surface area (Å²) in [6, 6.07) is 4.10. The number of methoxy groups -OCH3 is 1. The van der Waals surface area contributed by atoms with E-state index in [1.807, 2.05) is 6.07 Å². The van der Waals surface area contributed by atoms with E-state index in [0.29, 0.717) is 0 Å². The van der Waals surface area contributed by atoms with Crippen molar-refractivity contribution in [3.63, 3.8) is 0 Å². The highest BCUT2D eigenvalue weighted by molar-refractivity contribution is 9.10. The molecule has 0 atom stereocenters. The summed E-state index contributed by atoms with van der Waals surface area (Å²) in [6.07, 6.45) is 4.31. The van der Waals surface area contributed by atoms with E-state index in [4.69, 9.17) is 4.74 Å². The van der Waals surface area contributed by atoms with Crippen molar-refractivity contribution < 1.29 is 4.74 Å². The summed E-state index contributed by atoms with van der Waals surface area (Å²) in [5, 5.41) is 2.39. The van der Waals surface area contributed by atoms with Gasteiger partial charge in [-0.15, -0.1) is 0 Å². The fraction of sp³-hybridized carbons (Fsp3) is 0.273. The second-order valence-corrected chi connectivity index (χ2v) is 4.30. The number of nitrogens with zero attached hydrogens (tertiary/aromatic N) is 1. The number of rotatable bonds is 1. The number of hydrogen-bond donors (Lipinski definition) is 0. The molecule has 3 heteroatoms. The van der Waals surface area contributed by atoms with Crippen LogP contribution >= 0.6 is 15.9 Å². The second-order valence-electron chi connectivity index (χ2n) is 3.38. The molecule has 0 aliphatic carbocycles. The smallest absolute Gasteiger partial charge is 0.129 e. The molecule has 14 heavy (non-hydrogen) atoms. The maximum atomic E-state index is 5.33. The second kappa shape index (κ2) is 3.65. The molecular weight excluding hydrogens is 242 g/mol. The Kier molecular flexibility index (Phi) is 2.50. The minimum Gasteiger partial charge on any atom is -0.496 e. The van der Waals surface area contributed by atoms with Gasteiger partial charge in [0.1, 0.15) is 5.75 Å². The number of ether oxygens (including phenoxy) is 1. The highest BCUT2D eigenvalue weighted by Crippen LogP contribution is 2.11. The van der Waals surface area contributed by atoms with Crippen molar-refractivity contribution in [2.75, 3.05) is 20.7 Å². The van der Waals surface area contributed by atoms with Crippen LogP contribution in [0.4, 0.5) is 0 Å². The Bertz CT molecular complexity index is 467. The summed E-state index contributed by atoms with van der Waals surface area (Å²) in [4.78, 5) is 2.14. The molecule has 1 aromatic carbocycles. The Hall–Kier alpha value is -0.960. The lowest BCUT2D eigenvalue weighted by Crippen LogP contribution is -2.34. The summed E-state index contributed by atoms with van der Waals surface area (Å²) >= 11 is 3.47. The first-order valence-electron chi connectivity index (χ1n) is 4.46. The lowest BCUT2D eigenvalue weighted by atomic mass is 10.2. The van der Waals surface area contributed by atoms with Crippen LogP contribution < -0.4 is 15.2 Å². The number of fused-ring (bicyclic) bond motifs is 1. The fourth-order valence-electron chi connectivity index (χ4n) is 1.60. The molecule has 1 aromatic rings. The first kappa shape index (κ1) is 9.59. The third-order valence-electron chi connectivity index (χ3n) is 2.31. The van der Waals surface area contributed by atoms with Gasteiger partial charge in [-0.25, -0.2) is 0 Å². The summed E-state index contributed by atoms with van der Waals surface area (Å²) in [5.41, 5.74) is 0. The van der Waals surface area contributed by atoms with Gasteiger partial charge in [0.25, 0.3) is 0 Å². The first-order valence-corrected chi connectivity index (χ1v) is 5.26. The van der Waals surface area contributed by atoms with Gasteiger partial charge in [0, 0.05) is 29.5 Å². The zero-order valence-electron chi connectivity index (χ0n) is 8.25. The molecule has 0 aromatic heterocycles. The monoisotopic (exact) mass is 253 g/mol. The van der Waals surface area contributed by atoms with Gasteiger partial charge in [0.2, 0.25) is 0 Å². The largest absolute Gasteiger partial charge is 0.496 e. The van der Waals surface area contributed by atoms with Crippen LogP contribution in [-0.4, -0.2) is 25.6 Å². The maximum Gasteiger partial charge on any atom is 0.129 e. The Labute approximate surface area is 91.6 Å². The number of hydrogen-bond acceptors (Lipinski definition) is 2. The SMILES string of the molecule is COc1cc(Br)cc2c1=CN(C)CC=2. The van der Waals surface area contributed by atoms with Crippen molar-refractivity contribution >= 4 is 28.2 Å². The third-order valence-corrected chi connectivity index (χ3v) is 2.77. The topological polar surface area (TPSA) is 12.5 Å². The van der Waals surface area contributed by atoms with Crippen molar-refractivity contribution in [1.82, 2.24) is 4.90 Å². The molecule has 2 rings (SSSR count). The van der Waals surface area contributed by atoms with E-state index in [1.165, 1.54) is 5.22 Å². The number of halogens is 1. The normalized spacial score (nSPS) is 14.1. The molecule has 1 aliphatic heterocycles. The Morgan fingerprint density at radius 1 is 1.43 bits per heavy atom. The van der Waals surface area contributed by atoms with Crippen molar-refractivity contribution in [2.24, 2.45) is 0 Å². The predicted octanol–water partition coefficient (Wildman–Crippen LogP) is 0.922. The van der Waals surface area contributed by atoms with E-state index in [1.54, 1.807) is 7.11 Å². The molecule has 1 heterocycles. The van der Waals surface area contributed by atoms with Crippen molar-refractivity contribution in [2.45, 2.75) is 0 Å². The molecule has 0 spiro atoms. The van der Waals surface area contributed by atoms with Crippen molar-refractivity contribution in [3.8, 4) is 5.75 Å². The van der Waals surface area contributed by atoms with Gasteiger partial charge < -0.3 is 9.64 Å². The van der Waals surface area contributed by atoms with Gasteiger partial charge in [-0.3, -0.25) is 0 Å². The van der Waals surface area contributed by atoms with Crippen LogP contribution in [0.1, 0.15) is 0 Å². The van der Waals surface area contributed by atoms with Crippen LogP contribution in [0.15, 0.2) is 16.6 Å². The van der Waals surface area contributed by atoms with Gasteiger partial charge in [-0.05, 0) is 17.4 Å². The minimum absolute atomic E-state index is 0.914. The van der Waals surface area contributed by atoms with Crippen LogP contribution in [0.2, 0.25) is 0 Å². The highest BCUT2D eigenvalue weighted by Gasteiger charge is 2.04. The van der Waals surface area contributed by atoms with E-state index >= 15 is 0 Å². The molecule has 0 saturated heterocycles. The van der Waals surface area contributed by atoms with Crippen LogP contribution in [0.5, 0.6) is 5.75 Å². The van der Waals surface area contributed by atoms with Crippen molar-refractivity contribution in [1.29, 1.82) is 0 Å². The van der Waals surface area contributed by atoms with Gasteiger partial charge in [-0.2, -0.15) is 0 Å². The van der Waals surface area contributed by atoms with Crippen LogP contribution in [0.25, 0.3) is 12.3 Å². The average Bonchev–Trinajstić information content (AvgIpc) is 2.17. The lowest BCUT2D eigenvalue weighted by molar-refractivity contribution is 0.408. The highest BCUT2D eigenvalue weighted by atomic mass is 79.9. The molecule has 0 saturated carbocycles. The summed E-state index contributed by atoms with van der Waals surface area (Å²) < 4.78 is 6.39. The standard InChI is InChI=1S/C11H12BrNO/c1-13-4-3-8-5-9(12)6-11(14-2)10(8)7-13/h3,5-7H,4H2,1-2H3. The van der Waals surface area contributed by atoms with E-state index in [2.05, 4.69) is 46.2 Å². The van der Waals surface area contributed by atoms with Gasteiger partial charge in [0.05, 0.1) is 7.11 Å². The van der Waals surface area contributed by atoms with E-state index in [-0.39, 0.29) is 0 Å². The lowest BCUT2D eigenvalue weighted by Gasteiger charge is -2.16. The number of benzene rings is 1. The summed E-state index contributed by atoms with van der Waals surface area (Å²) in [5.74, 6) is 0.914.